The van der Waals surface area contributed by atoms with Crippen LogP contribution < -0.4 is 5.73 Å². The Hall–Kier alpha value is -0.770. The van der Waals surface area contributed by atoms with E-state index in [9.17, 15) is 8.42 Å². The standard InChI is InChI=1S/C10H18N4O3S2/c11-9-12-13-10(18-9)19(16,17)14(6-7-15)8-4-2-1-3-5-8/h8,15H,1-7H2,(H2,11,12). The number of anilines is 1. The summed E-state index contributed by atoms with van der Waals surface area (Å²) in [5.41, 5.74) is 5.44. The fourth-order valence-corrected chi connectivity index (χ4v) is 4.97. The minimum Gasteiger partial charge on any atom is -0.395 e. The molecule has 0 atom stereocenters. The van der Waals surface area contributed by atoms with E-state index in [1.165, 1.54) is 4.31 Å². The lowest BCUT2D eigenvalue weighted by Crippen LogP contribution is -2.43. The van der Waals surface area contributed by atoms with Gasteiger partial charge in [-0.1, -0.05) is 30.6 Å². The Balaban J connectivity index is 2.26. The first kappa shape index (κ1) is 14.6. The molecular weight excluding hydrogens is 288 g/mol. The number of hydrogen-bond acceptors (Lipinski definition) is 7. The van der Waals surface area contributed by atoms with Crippen LogP contribution >= 0.6 is 11.3 Å². The van der Waals surface area contributed by atoms with Crippen molar-refractivity contribution in [2.75, 3.05) is 18.9 Å². The Bertz CT molecular complexity index is 511. The number of aromatic nitrogens is 2. The van der Waals surface area contributed by atoms with Crippen molar-refractivity contribution in [2.24, 2.45) is 0 Å². The Morgan fingerprint density at radius 1 is 1.32 bits per heavy atom. The van der Waals surface area contributed by atoms with Gasteiger partial charge in [-0.2, -0.15) is 4.31 Å². The van der Waals surface area contributed by atoms with Gasteiger partial charge in [0, 0.05) is 12.6 Å². The molecule has 108 valence electrons. The lowest BCUT2D eigenvalue weighted by atomic mass is 9.95. The Labute approximate surface area is 116 Å². The van der Waals surface area contributed by atoms with Gasteiger partial charge in [0.05, 0.1) is 6.61 Å². The number of hydrogen-bond donors (Lipinski definition) is 2. The summed E-state index contributed by atoms with van der Waals surface area (Å²) in [5.74, 6) is 0. The van der Waals surface area contributed by atoms with Crippen LogP contribution in [-0.4, -0.2) is 47.2 Å². The molecule has 0 unspecified atom stereocenters. The fourth-order valence-electron chi connectivity index (χ4n) is 2.39. The third-order valence-electron chi connectivity index (χ3n) is 3.25. The predicted molar refractivity (Wildman–Crippen MR) is 72.2 cm³/mol. The second kappa shape index (κ2) is 6.12. The van der Waals surface area contributed by atoms with E-state index in [2.05, 4.69) is 10.2 Å². The zero-order chi connectivity index (χ0) is 13.9. The van der Waals surface area contributed by atoms with Gasteiger partial charge in [0.2, 0.25) is 9.47 Å². The molecule has 7 nitrogen and oxygen atoms in total. The van der Waals surface area contributed by atoms with E-state index in [0.29, 0.717) is 0 Å². The van der Waals surface area contributed by atoms with Crippen molar-refractivity contribution in [3.8, 4) is 0 Å². The minimum atomic E-state index is -3.70. The van der Waals surface area contributed by atoms with Crippen LogP contribution in [0.2, 0.25) is 0 Å². The van der Waals surface area contributed by atoms with Crippen LogP contribution in [0.1, 0.15) is 32.1 Å². The van der Waals surface area contributed by atoms with Gasteiger partial charge in [0.15, 0.2) is 0 Å². The summed E-state index contributed by atoms with van der Waals surface area (Å²) in [6, 6.07) is -0.0592. The van der Waals surface area contributed by atoms with Crippen molar-refractivity contribution in [3.05, 3.63) is 0 Å². The third kappa shape index (κ3) is 3.22. The van der Waals surface area contributed by atoms with Crippen molar-refractivity contribution < 1.29 is 13.5 Å². The largest absolute Gasteiger partial charge is 0.395 e. The summed E-state index contributed by atoms with van der Waals surface area (Å²) in [5, 5.41) is 16.4. The van der Waals surface area contributed by atoms with Crippen LogP contribution in [0.5, 0.6) is 0 Å². The summed E-state index contributed by atoms with van der Waals surface area (Å²) in [4.78, 5) is 0. The molecular formula is C10H18N4O3S2. The number of rotatable bonds is 5. The first-order chi connectivity index (χ1) is 9.05. The zero-order valence-corrected chi connectivity index (χ0v) is 12.2. The van der Waals surface area contributed by atoms with Crippen molar-refractivity contribution in [3.63, 3.8) is 0 Å². The molecule has 0 aliphatic heterocycles. The first-order valence-electron chi connectivity index (χ1n) is 6.27. The summed E-state index contributed by atoms with van der Waals surface area (Å²) in [6.07, 6.45) is 4.82. The topological polar surface area (TPSA) is 109 Å². The highest BCUT2D eigenvalue weighted by Gasteiger charge is 2.34. The minimum absolute atomic E-state index is 0.0592. The van der Waals surface area contributed by atoms with Crippen LogP contribution in [-0.2, 0) is 10.0 Å². The molecule has 1 aliphatic rings. The zero-order valence-electron chi connectivity index (χ0n) is 10.5. The molecule has 1 heterocycles. The summed E-state index contributed by atoms with van der Waals surface area (Å²) in [7, 11) is -3.70. The quantitative estimate of drug-likeness (QED) is 0.816. The van der Waals surface area contributed by atoms with Crippen LogP contribution in [0.25, 0.3) is 0 Å². The van der Waals surface area contributed by atoms with E-state index in [1.54, 1.807) is 0 Å². The Kier molecular flexibility index (Phi) is 4.71. The van der Waals surface area contributed by atoms with Gasteiger partial charge in [-0.05, 0) is 12.8 Å². The fraction of sp³-hybridized carbons (Fsp3) is 0.800. The molecule has 2 rings (SSSR count). The van der Waals surface area contributed by atoms with E-state index in [0.717, 1.165) is 43.4 Å². The van der Waals surface area contributed by atoms with Crippen molar-refractivity contribution in [1.82, 2.24) is 14.5 Å². The highest BCUT2D eigenvalue weighted by atomic mass is 32.2. The lowest BCUT2D eigenvalue weighted by Gasteiger charge is -2.32. The smallest absolute Gasteiger partial charge is 0.272 e. The van der Waals surface area contributed by atoms with Crippen molar-refractivity contribution in [1.29, 1.82) is 0 Å². The molecule has 1 aromatic heterocycles. The molecule has 1 fully saturated rings. The van der Waals surface area contributed by atoms with Crippen LogP contribution in [0.3, 0.4) is 0 Å². The monoisotopic (exact) mass is 306 g/mol. The van der Waals surface area contributed by atoms with Gasteiger partial charge in [-0.25, -0.2) is 8.42 Å². The number of nitrogens with zero attached hydrogens (tertiary/aromatic N) is 3. The van der Waals surface area contributed by atoms with E-state index >= 15 is 0 Å². The van der Waals surface area contributed by atoms with Crippen molar-refractivity contribution in [2.45, 2.75) is 42.5 Å². The third-order valence-corrected chi connectivity index (χ3v) is 6.30. The molecule has 3 N–H and O–H groups in total. The van der Waals surface area contributed by atoms with Gasteiger partial charge >= 0.3 is 0 Å². The first-order valence-corrected chi connectivity index (χ1v) is 8.53. The molecule has 0 amide bonds. The highest BCUT2D eigenvalue weighted by molar-refractivity contribution is 7.91. The van der Waals surface area contributed by atoms with Crippen LogP contribution in [0.15, 0.2) is 4.34 Å². The maximum absolute atomic E-state index is 12.5. The maximum Gasteiger partial charge on any atom is 0.272 e. The van der Waals surface area contributed by atoms with Gasteiger partial charge in [-0.15, -0.1) is 10.2 Å². The Morgan fingerprint density at radius 3 is 2.53 bits per heavy atom. The summed E-state index contributed by atoms with van der Waals surface area (Å²) < 4.78 is 26.3. The summed E-state index contributed by atoms with van der Waals surface area (Å²) >= 11 is 0.857. The second-order valence-corrected chi connectivity index (χ2v) is 7.61. The van der Waals surface area contributed by atoms with Crippen molar-refractivity contribution >= 4 is 26.5 Å². The molecule has 0 radical (unpaired) electrons. The SMILES string of the molecule is Nc1nnc(S(=O)(=O)N(CCO)C2CCCCC2)s1. The average molecular weight is 306 g/mol. The molecule has 19 heavy (non-hydrogen) atoms. The highest BCUT2D eigenvalue weighted by Crippen LogP contribution is 2.29. The second-order valence-electron chi connectivity index (χ2n) is 4.54. The molecule has 0 spiro atoms. The number of aliphatic hydroxyl groups excluding tert-OH is 1. The van der Waals surface area contributed by atoms with Gasteiger partial charge in [0.1, 0.15) is 0 Å². The van der Waals surface area contributed by atoms with E-state index in [1.807, 2.05) is 0 Å². The van der Waals surface area contributed by atoms with E-state index in [-0.39, 0.29) is 28.7 Å². The molecule has 0 saturated heterocycles. The van der Waals surface area contributed by atoms with Gasteiger partial charge in [0.25, 0.3) is 10.0 Å². The predicted octanol–water partition coefficient (Wildman–Crippen LogP) is 0.436. The van der Waals surface area contributed by atoms with Gasteiger partial charge in [-0.3, -0.25) is 0 Å². The summed E-state index contributed by atoms with van der Waals surface area (Å²) in [6.45, 7) is -0.115. The number of aliphatic hydroxyl groups is 1. The van der Waals surface area contributed by atoms with Gasteiger partial charge < -0.3 is 10.8 Å². The molecule has 1 saturated carbocycles. The maximum atomic E-state index is 12.5. The molecule has 1 aromatic rings. The normalized spacial score (nSPS) is 18.0. The molecule has 0 bridgehead atoms. The number of sulfonamides is 1. The van der Waals surface area contributed by atoms with E-state index < -0.39 is 10.0 Å². The molecule has 0 aromatic carbocycles. The molecule has 9 heteroatoms. The van der Waals surface area contributed by atoms with Crippen LogP contribution in [0.4, 0.5) is 5.13 Å². The lowest BCUT2D eigenvalue weighted by molar-refractivity contribution is 0.199. The van der Waals surface area contributed by atoms with Crippen LogP contribution in [0, 0.1) is 0 Å². The molecule has 1 aliphatic carbocycles. The Morgan fingerprint density at radius 2 is 2.00 bits per heavy atom. The number of nitrogens with two attached hydrogens (primary N) is 1. The number of nitrogen functional groups attached to an aromatic ring is 1. The van der Waals surface area contributed by atoms with E-state index in [4.69, 9.17) is 10.8 Å². The average Bonchev–Trinajstić information content (AvgIpc) is 2.84.